The summed E-state index contributed by atoms with van der Waals surface area (Å²) in [6.07, 6.45) is 2.33. The van der Waals surface area contributed by atoms with Gasteiger partial charge in [0, 0.05) is 12.0 Å². The van der Waals surface area contributed by atoms with Crippen LogP contribution < -0.4 is 11.1 Å². The normalized spacial score (nSPS) is 26.6. The maximum absolute atomic E-state index is 5.61. The molecule has 1 aromatic rings. The largest absolute Gasteiger partial charge is 0.330 e. The van der Waals surface area contributed by atoms with Crippen molar-refractivity contribution in [2.75, 3.05) is 13.1 Å². The van der Waals surface area contributed by atoms with Crippen LogP contribution in [0.15, 0.2) is 30.3 Å². The van der Waals surface area contributed by atoms with Crippen molar-refractivity contribution < 1.29 is 0 Å². The van der Waals surface area contributed by atoms with E-state index in [1.54, 1.807) is 0 Å². The SMILES string of the molecule is NCCC1NCCC1c1ccccc1. The number of hydrogen-bond acceptors (Lipinski definition) is 2. The molecule has 1 fully saturated rings. The summed E-state index contributed by atoms with van der Waals surface area (Å²) in [5.74, 6) is 0.666. The van der Waals surface area contributed by atoms with Gasteiger partial charge >= 0.3 is 0 Å². The molecule has 1 aromatic carbocycles. The fourth-order valence-electron chi connectivity index (χ4n) is 2.35. The molecular formula is C12H18N2. The Morgan fingerprint density at radius 1 is 1.29 bits per heavy atom. The molecule has 1 saturated heterocycles. The summed E-state index contributed by atoms with van der Waals surface area (Å²) in [5, 5.41) is 3.53. The molecule has 76 valence electrons. The molecule has 2 unspecified atom stereocenters. The van der Waals surface area contributed by atoms with Gasteiger partial charge in [-0.25, -0.2) is 0 Å². The number of benzene rings is 1. The molecule has 3 N–H and O–H groups in total. The van der Waals surface area contributed by atoms with Crippen molar-refractivity contribution in [1.82, 2.24) is 5.32 Å². The Morgan fingerprint density at radius 2 is 2.07 bits per heavy atom. The molecule has 0 bridgehead atoms. The lowest BCUT2D eigenvalue weighted by Crippen LogP contribution is -2.28. The molecule has 1 aliphatic rings. The van der Waals surface area contributed by atoms with E-state index < -0.39 is 0 Å². The van der Waals surface area contributed by atoms with Crippen molar-refractivity contribution in [2.45, 2.75) is 24.8 Å². The first-order chi connectivity index (χ1) is 6.92. The number of rotatable bonds is 3. The van der Waals surface area contributed by atoms with Crippen molar-refractivity contribution in [3.8, 4) is 0 Å². The quantitative estimate of drug-likeness (QED) is 0.757. The molecule has 1 aliphatic heterocycles. The molecule has 0 aromatic heterocycles. The van der Waals surface area contributed by atoms with E-state index in [1.807, 2.05) is 0 Å². The second-order valence-electron chi connectivity index (χ2n) is 3.94. The van der Waals surface area contributed by atoms with Crippen LogP contribution in [0.1, 0.15) is 24.3 Å². The average molecular weight is 190 g/mol. The van der Waals surface area contributed by atoms with Crippen molar-refractivity contribution in [3.05, 3.63) is 35.9 Å². The molecule has 2 atom stereocenters. The van der Waals surface area contributed by atoms with E-state index in [9.17, 15) is 0 Å². The summed E-state index contributed by atoms with van der Waals surface area (Å²) < 4.78 is 0. The standard InChI is InChI=1S/C12H18N2/c13-8-6-12-11(7-9-14-12)10-4-2-1-3-5-10/h1-5,11-12,14H,6-9,13H2. The van der Waals surface area contributed by atoms with Crippen molar-refractivity contribution in [1.29, 1.82) is 0 Å². The van der Waals surface area contributed by atoms with Crippen LogP contribution in [0.25, 0.3) is 0 Å². The fraction of sp³-hybridized carbons (Fsp3) is 0.500. The van der Waals surface area contributed by atoms with E-state index in [1.165, 1.54) is 12.0 Å². The highest BCUT2D eigenvalue weighted by Gasteiger charge is 2.26. The van der Waals surface area contributed by atoms with Gasteiger partial charge in [-0.1, -0.05) is 30.3 Å². The Balaban J connectivity index is 2.10. The van der Waals surface area contributed by atoms with Crippen molar-refractivity contribution in [2.24, 2.45) is 5.73 Å². The second kappa shape index (κ2) is 4.58. The first-order valence-electron chi connectivity index (χ1n) is 5.40. The third-order valence-corrected chi connectivity index (χ3v) is 3.05. The van der Waals surface area contributed by atoms with Crippen LogP contribution in [-0.4, -0.2) is 19.1 Å². The van der Waals surface area contributed by atoms with Crippen LogP contribution in [0.5, 0.6) is 0 Å². The molecule has 14 heavy (non-hydrogen) atoms. The molecule has 0 amide bonds. The van der Waals surface area contributed by atoms with E-state index in [-0.39, 0.29) is 0 Å². The fourth-order valence-corrected chi connectivity index (χ4v) is 2.35. The molecule has 0 aliphatic carbocycles. The highest BCUT2D eigenvalue weighted by Crippen LogP contribution is 2.28. The maximum Gasteiger partial charge on any atom is 0.0148 e. The Kier molecular flexibility index (Phi) is 3.17. The Hall–Kier alpha value is -0.860. The summed E-state index contributed by atoms with van der Waals surface area (Å²) in [5.41, 5.74) is 7.06. The van der Waals surface area contributed by atoms with Crippen LogP contribution in [0, 0.1) is 0 Å². The van der Waals surface area contributed by atoms with Gasteiger partial charge in [0.1, 0.15) is 0 Å². The van der Waals surface area contributed by atoms with Crippen LogP contribution in [0.2, 0.25) is 0 Å². The van der Waals surface area contributed by atoms with Crippen LogP contribution >= 0.6 is 0 Å². The van der Waals surface area contributed by atoms with Gasteiger partial charge in [0.05, 0.1) is 0 Å². The minimum absolute atomic E-state index is 0.586. The average Bonchev–Trinajstić information content (AvgIpc) is 2.68. The lowest BCUT2D eigenvalue weighted by molar-refractivity contribution is 0.516. The molecule has 2 rings (SSSR count). The van der Waals surface area contributed by atoms with Gasteiger partial charge in [-0.3, -0.25) is 0 Å². The number of hydrogen-bond donors (Lipinski definition) is 2. The predicted octanol–water partition coefficient (Wildman–Crippen LogP) is 1.48. The maximum atomic E-state index is 5.61. The molecule has 2 heteroatoms. The third-order valence-electron chi connectivity index (χ3n) is 3.05. The van der Waals surface area contributed by atoms with E-state index in [2.05, 4.69) is 35.6 Å². The zero-order valence-electron chi connectivity index (χ0n) is 8.45. The van der Waals surface area contributed by atoms with E-state index in [0.29, 0.717) is 12.0 Å². The van der Waals surface area contributed by atoms with E-state index >= 15 is 0 Å². The van der Waals surface area contributed by atoms with Gasteiger partial charge in [-0.15, -0.1) is 0 Å². The second-order valence-corrected chi connectivity index (χ2v) is 3.94. The lowest BCUT2D eigenvalue weighted by atomic mass is 9.90. The van der Waals surface area contributed by atoms with Crippen LogP contribution in [-0.2, 0) is 0 Å². The third kappa shape index (κ3) is 1.97. The summed E-state index contributed by atoms with van der Waals surface area (Å²) in [4.78, 5) is 0. The summed E-state index contributed by atoms with van der Waals surface area (Å²) in [7, 11) is 0. The highest BCUT2D eigenvalue weighted by atomic mass is 15.0. The minimum atomic E-state index is 0.586. The number of nitrogens with two attached hydrogens (primary N) is 1. The van der Waals surface area contributed by atoms with Gasteiger partial charge < -0.3 is 11.1 Å². The summed E-state index contributed by atoms with van der Waals surface area (Å²) in [6.45, 7) is 1.91. The zero-order chi connectivity index (χ0) is 9.80. The topological polar surface area (TPSA) is 38.0 Å². The Labute approximate surface area is 85.5 Å². The Bertz CT molecular complexity index is 271. The molecule has 0 radical (unpaired) electrons. The zero-order valence-corrected chi connectivity index (χ0v) is 8.45. The predicted molar refractivity (Wildman–Crippen MR) is 59.3 cm³/mol. The van der Waals surface area contributed by atoms with E-state index in [0.717, 1.165) is 19.5 Å². The van der Waals surface area contributed by atoms with Gasteiger partial charge in [0.15, 0.2) is 0 Å². The smallest absolute Gasteiger partial charge is 0.0148 e. The Morgan fingerprint density at radius 3 is 2.79 bits per heavy atom. The molecule has 2 nitrogen and oxygen atoms in total. The lowest BCUT2D eigenvalue weighted by Gasteiger charge is -2.18. The van der Waals surface area contributed by atoms with Crippen LogP contribution in [0.4, 0.5) is 0 Å². The van der Waals surface area contributed by atoms with Gasteiger partial charge in [-0.2, -0.15) is 0 Å². The monoisotopic (exact) mass is 190 g/mol. The van der Waals surface area contributed by atoms with Crippen molar-refractivity contribution >= 4 is 0 Å². The molecule has 1 heterocycles. The first kappa shape index (κ1) is 9.69. The molecular weight excluding hydrogens is 172 g/mol. The van der Waals surface area contributed by atoms with Gasteiger partial charge in [0.2, 0.25) is 0 Å². The summed E-state index contributed by atoms with van der Waals surface area (Å²) in [6, 6.07) is 11.3. The summed E-state index contributed by atoms with van der Waals surface area (Å²) >= 11 is 0. The van der Waals surface area contributed by atoms with Gasteiger partial charge in [-0.05, 0) is 31.5 Å². The van der Waals surface area contributed by atoms with Gasteiger partial charge in [0.25, 0.3) is 0 Å². The van der Waals surface area contributed by atoms with E-state index in [4.69, 9.17) is 5.73 Å². The first-order valence-corrected chi connectivity index (χ1v) is 5.40. The van der Waals surface area contributed by atoms with Crippen molar-refractivity contribution in [3.63, 3.8) is 0 Å². The number of nitrogens with one attached hydrogen (secondary N) is 1. The minimum Gasteiger partial charge on any atom is -0.330 e. The molecule has 0 saturated carbocycles. The van der Waals surface area contributed by atoms with Crippen LogP contribution in [0.3, 0.4) is 0 Å². The molecule has 0 spiro atoms. The highest BCUT2D eigenvalue weighted by molar-refractivity contribution is 5.22.